The Hall–Kier alpha value is -0.980. The smallest absolute Gasteiger partial charge is 0.122 e. The van der Waals surface area contributed by atoms with Crippen molar-refractivity contribution in [3.05, 3.63) is 29.3 Å². The minimum Gasteiger partial charge on any atom is -0.493 e. The Labute approximate surface area is 98.8 Å². The zero-order valence-corrected chi connectivity index (χ0v) is 10.8. The van der Waals surface area contributed by atoms with Gasteiger partial charge >= 0.3 is 0 Å². The molecule has 88 valence electrons. The van der Waals surface area contributed by atoms with Gasteiger partial charge in [-0.25, -0.2) is 0 Å². The third-order valence-corrected chi connectivity index (χ3v) is 3.57. The minimum atomic E-state index is 0.324. The Morgan fingerprint density at radius 2 is 2.06 bits per heavy atom. The van der Waals surface area contributed by atoms with Crippen LogP contribution in [0.1, 0.15) is 51.2 Å². The Bertz CT molecular complexity index is 374. The van der Waals surface area contributed by atoms with Crippen molar-refractivity contribution in [1.82, 2.24) is 0 Å². The van der Waals surface area contributed by atoms with Crippen LogP contribution in [0.15, 0.2) is 18.2 Å². The van der Waals surface area contributed by atoms with Crippen molar-refractivity contribution in [3.8, 4) is 5.75 Å². The molecule has 1 heteroatoms. The molecule has 1 aliphatic rings. The van der Waals surface area contributed by atoms with Crippen molar-refractivity contribution >= 4 is 0 Å². The summed E-state index contributed by atoms with van der Waals surface area (Å²) < 4.78 is 5.75. The summed E-state index contributed by atoms with van der Waals surface area (Å²) in [5, 5.41) is 0. The lowest BCUT2D eigenvalue weighted by Gasteiger charge is -2.35. The van der Waals surface area contributed by atoms with E-state index in [0.29, 0.717) is 11.3 Å². The molecule has 0 saturated heterocycles. The number of aryl methyl sites for hydroxylation is 1. The fourth-order valence-corrected chi connectivity index (χ4v) is 2.56. The first-order valence-corrected chi connectivity index (χ1v) is 6.28. The molecule has 0 saturated carbocycles. The molecule has 1 aliphatic heterocycles. The number of hydrogen-bond donors (Lipinski definition) is 0. The molecule has 1 heterocycles. The summed E-state index contributed by atoms with van der Waals surface area (Å²) in [5.41, 5.74) is 3.15. The topological polar surface area (TPSA) is 9.23 Å². The van der Waals surface area contributed by atoms with Gasteiger partial charge in [0.25, 0.3) is 0 Å². The summed E-state index contributed by atoms with van der Waals surface area (Å²) in [7, 11) is 0. The highest BCUT2D eigenvalue weighted by Gasteiger charge is 2.31. The van der Waals surface area contributed by atoms with E-state index in [1.165, 1.54) is 11.1 Å². The Morgan fingerprint density at radius 1 is 1.31 bits per heavy atom. The second-order valence-electron chi connectivity index (χ2n) is 5.78. The first-order chi connectivity index (χ1) is 7.52. The summed E-state index contributed by atoms with van der Waals surface area (Å²) in [5.74, 6) is 1.73. The molecule has 1 atom stereocenters. The van der Waals surface area contributed by atoms with Crippen molar-refractivity contribution in [1.29, 1.82) is 0 Å². The number of benzene rings is 1. The molecule has 0 aliphatic carbocycles. The van der Waals surface area contributed by atoms with Gasteiger partial charge in [-0.2, -0.15) is 0 Å². The SMILES string of the molecule is CCc1ccc2c(c1)C(C(C)(C)C)CCO2. The standard InChI is InChI=1S/C15H22O/c1-5-11-6-7-14-12(10-11)13(8-9-16-14)15(2,3)4/h6-7,10,13H,5,8-9H2,1-4H3. The monoisotopic (exact) mass is 218 g/mol. The Balaban J connectivity index is 2.43. The van der Waals surface area contributed by atoms with E-state index >= 15 is 0 Å². The number of fused-ring (bicyclic) bond motifs is 1. The number of ether oxygens (including phenoxy) is 1. The first-order valence-electron chi connectivity index (χ1n) is 6.28. The maximum atomic E-state index is 5.75. The summed E-state index contributed by atoms with van der Waals surface area (Å²) >= 11 is 0. The van der Waals surface area contributed by atoms with Crippen LogP contribution in [0.2, 0.25) is 0 Å². The predicted molar refractivity (Wildman–Crippen MR) is 68.1 cm³/mol. The molecule has 0 amide bonds. The lowest BCUT2D eigenvalue weighted by Crippen LogP contribution is -2.25. The lowest BCUT2D eigenvalue weighted by atomic mass is 9.73. The van der Waals surface area contributed by atoms with Crippen LogP contribution in [0.25, 0.3) is 0 Å². The molecule has 0 spiro atoms. The van der Waals surface area contributed by atoms with Crippen LogP contribution in [-0.2, 0) is 6.42 Å². The minimum absolute atomic E-state index is 0.324. The van der Waals surface area contributed by atoms with Crippen LogP contribution in [0.4, 0.5) is 0 Å². The van der Waals surface area contributed by atoms with Gasteiger partial charge in [0, 0.05) is 0 Å². The molecular formula is C15H22O. The van der Waals surface area contributed by atoms with Gasteiger partial charge in [0.05, 0.1) is 6.61 Å². The predicted octanol–water partition coefficient (Wildman–Crippen LogP) is 4.16. The zero-order valence-electron chi connectivity index (χ0n) is 10.8. The summed E-state index contributed by atoms with van der Waals surface area (Å²) in [4.78, 5) is 0. The molecular weight excluding hydrogens is 196 g/mol. The Kier molecular flexibility index (Phi) is 2.96. The van der Waals surface area contributed by atoms with Crippen molar-refractivity contribution in [3.63, 3.8) is 0 Å². The van der Waals surface area contributed by atoms with E-state index in [9.17, 15) is 0 Å². The average molecular weight is 218 g/mol. The second-order valence-corrected chi connectivity index (χ2v) is 5.78. The maximum Gasteiger partial charge on any atom is 0.122 e. The fraction of sp³-hybridized carbons (Fsp3) is 0.600. The van der Waals surface area contributed by atoms with Crippen molar-refractivity contribution < 1.29 is 4.74 Å². The molecule has 1 nitrogen and oxygen atoms in total. The van der Waals surface area contributed by atoms with E-state index < -0.39 is 0 Å². The molecule has 1 aromatic rings. The van der Waals surface area contributed by atoms with Gasteiger partial charge in [-0.05, 0) is 41.4 Å². The maximum absolute atomic E-state index is 5.75. The quantitative estimate of drug-likeness (QED) is 0.687. The third kappa shape index (κ3) is 2.09. The van der Waals surface area contributed by atoms with Gasteiger partial charge in [-0.1, -0.05) is 39.8 Å². The molecule has 0 fully saturated rings. The number of hydrogen-bond acceptors (Lipinski definition) is 1. The van der Waals surface area contributed by atoms with Gasteiger partial charge in [-0.15, -0.1) is 0 Å². The Morgan fingerprint density at radius 3 is 2.69 bits per heavy atom. The normalized spacial score (nSPS) is 20.1. The van der Waals surface area contributed by atoms with Crippen LogP contribution < -0.4 is 4.74 Å². The number of rotatable bonds is 1. The van der Waals surface area contributed by atoms with Crippen molar-refractivity contribution in [2.75, 3.05) is 6.61 Å². The van der Waals surface area contributed by atoms with E-state index in [0.717, 1.165) is 25.2 Å². The largest absolute Gasteiger partial charge is 0.493 e. The van der Waals surface area contributed by atoms with Gasteiger partial charge < -0.3 is 4.74 Å². The molecule has 16 heavy (non-hydrogen) atoms. The highest BCUT2D eigenvalue weighted by atomic mass is 16.5. The lowest BCUT2D eigenvalue weighted by molar-refractivity contribution is 0.203. The van der Waals surface area contributed by atoms with Crippen molar-refractivity contribution in [2.45, 2.75) is 46.5 Å². The summed E-state index contributed by atoms with van der Waals surface area (Å²) in [6.45, 7) is 10.0. The van der Waals surface area contributed by atoms with Crippen LogP contribution in [0, 0.1) is 5.41 Å². The van der Waals surface area contributed by atoms with Crippen LogP contribution in [0.3, 0.4) is 0 Å². The second kappa shape index (κ2) is 4.12. The average Bonchev–Trinajstić information content (AvgIpc) is 2.26. The van der Waals surface area contributed by atoms with E-state index in [1.54, 1.807) is 0 Å². The van der Waals surface area contributed by atoms with Gasteiger partial charge in [0.1, 0.15) is 5.75 Å². The highest BCUT2D eigenvalue weighted by Crippen LogP contribution is 2.44. The van der Waals surface area contributed by atoms with Crippen molar-refractivity contribution in [2.24, 2.45) is 5.41 Å². The molecule has 2 rings (SSSR count). The van der Waals surface area contributed by atoms with E-state index in [4.69, 9.17) is 4.74 Å². The highest BCUT2D eigenvalue weighted by molar-refractivity contribution is 5.42. The molecule has 1 aromatic carbocycles. The van der Waals surface area contributed by atoms with Gasteiger partial charge in [-0.3, -0.25) is 0 Å². The summed E-state index contributed by atoms with van der Waals surface area (Å²) in [6, 6.07) is 6.67. The first kappa shape index (κ1) is 11.5. The van der Waals surface area contributed by atoms with E-state index in [-0.39, 0.29) is 0 Å². The molecule has 0 radical (unpaired) electrons. The van der Waals surface area contributed by atoms with Gasteiger partial charge in [0.2, 0.25) is 0 Å². The molecule has 0 aromatic heterocycles. The third-order valence-electron chi connectivity index (χ3n) is 3.57. The zero-order chi connectivity index (χ0) is 11.8. The van der Waals surface area contributed by atoms with Gasteiger partial charge in [0.15, 0.2) is 0 Å². The van der Waals surface area contributed by atoms with Crippen LogP contribution in [-0.4, -0.2) is 6.61 Å². The fourth-order valence-electron chi connectivity index (χ4n) is 2.56. The molecule has 0 bridgehead atoms. The van der Waals surface area contributed by atoms with Crippen LogP contribution >= 0.6 is 0 Å². The summed E-state index contributed by atoms with van der Waals surface area (Å²) in [6.07, 6.45) is 2.24. The van der Waals surface area contributed by atoms with E-state index in [1.807, 2.05) is 0 Å². The van der Waals surface area contributed by atoms with Crippen LogP contribution in [0.5, 0.6) is 5.75 Å². The van der Waals surface area contributed by atoms with E-state index in [2.05, 4.69) is 45.9 Å². The molecule has 0 N–H and O–H groups in total. The molecule has 1 unspecified atom stereocenters.